The second-order valence-corrected chi connectivity index (χ2v) is 8.33. The van der Waals surface area contributed by atoms with Gasteiger partial charge in [0, 0.05) is 24.7 Å². The molecule has 1 heterocycles. The molecule has 1 aliphatic carbocycles. The molecule has 0 unspecified atom stereocenters. The molecule has 1 saturated carbocycles. The third-order valence-electron chi connectivity index (χ3n) is 5.97. The van der Waals surface area contributed by atoms with Crippen molar-refractivity contribution in [2.24, 2.45) is 5.92 Å². The molecule has 0 radical (unpaired) electrons. The molecule has 1 N–H and O–H groups in total. The number of hydrogen-bond donors (Lipinski definition) is 1. The zero-order chi connectivity index (χ0) is 22.3. The van der Waals surface area contributed by atoms with E-state index < -0.39 is 17.8 Å². The van der Waals surface area contributed by atoms with Crippen LogP contribution in [0.15, 0.2) is 54.6 Å². The lowest BCUT2D eigenvalue weighted by atomic mass is 9.94. The van der Waals surface area contributed by atoms with Gasteiger partial charge >= 0.3 is 5.97 Å². The van der Waals surface area contributed by atoms with E-state index in [1.54, 1.807) is 24.3 Å². The van der Waals surface area contributed by atoms with Crippen LogP contribution in [0.5, 0.6) is 11.5 Å². The van der Waals surface area contributed by atoms with Gasteiger partial charge in [-0.15, -0.1) is 0 Å². The van der Waals surface area contributed by atoms with Gasteiger partial charge in [0.2, 0.25) is 5.91 Å². The van der Waals surface area contributed by atoms with Crippen LogP contribution in [-0.2, 0) is 19.1 Å². The fourth-order valence-corrected chi connectivity index (χ4v) is 4.32. The summed E-state index contributed by atoms with van der Waals surface area (Å²) in [5.41, 5.74) is 0.575. The molecule has 1 saturated heterocycles. The minimum atomic E-state index is -0.494. The molecule has 2 amide bonds. The van der Waals surface area contributed by atoms with E-state index in [1.165, 1.54) is 6.42 Å². The van der Waals surface area contributed by atoms with Crippen LogP contribution in [0.3, 0.4) is 0 Å². The Morgan fingerprint density at radius 1 is 0.938 bits per heavy atom. The van der Waals surface area contributed by atoms with E-state index in [1.807, 2.05) is 35.2 Å². The summed E-state index contributed by atoms with van der Waals surface area (Å²) in [7, 11) is 0. The Hall–Kier alpha value is -3.35. The van der Waals surface area contributed by atoms with Crippen molar-refractivity contribution in [3.05, 3.63) is 54.6 Å². The van der Waals surface area contributed by atoms with E-state index >= 15 is 0 Å². The largest absolute Gasteiger partial charge is 0.457 e. The second kappa shape index (κ2) is 10.3. The predicted octanol–water partition coefficient (Wildman–Crippen LogP) is 4.14. The molecule has 4 rings (SSSR count). The summed E-state index contributed by atoms with van der Waals surface area (Å²) in [6.45, 7) is 0.0159. The van der Waals surface area contributed by atoms with Gasteiger partial charge in [0.05, 0.1) is 5.92 Å². The van der Waals surface area contributed by atoms with Crippen LogP contribution in [0, 0.1) is 5.92 Å². The lowest BCUT2D eigenvalue weighted by Gasteiger charge is -2.31. The van der Waals surface area contributed by atoms with Crippen molar-refractivity contribution in [3.63, 3.8) is 0 Å². The summed E-state index contributed by atoms with van der Waals surface area (Å²) in [5, 5.41) is 2.70. The fraction of sp³-hybridized carbons (Fsp3) is 0.400. The first-order chi connectivity index (χ1) is 15.6. The summed E-state index contributed by atoms with van der Waals surface area (Å²) < 4.78 is 10.9. The molecule has 2 aromatic carbocycles. The molecule has 168 valence electrons. The van der Waals surface area contributed by atoms with E-state index in [2.05, 4.69) is 5.32 Å². The maximum absolute atomic E-state index is 12.4. The van der Waals surface area contributed by atoms with Crippen molar-refractivity contribution >= 4 is 23.5 Å². The minimum absolute atomic E-state index is 0.0149. The molecule has 0 aromatic heterocycles. The van der Waals surface area contributed by atoms with Gasteiger partial charge in [-0.05, 0) is 49.2 Å². The Kier molecular flexibility index (Phi) is 7.04. The molecule has 32 heavy (non-hydrogen) atoms. The van der Waals surface area contributed by atoms with Gasteiger partial charge in [0.25, 0.3) is 5.91 Å². The van der Waals surface area contributed by atoms with E-state index in [9.17, 15) is 14.4 Å². The molecule has 1 aliphatic heterocycles. The summed E-state index contributed by atoms with van der Waals surface area (Å²) in [4.78, 5) is 38.8. The zero-order valence-electron chi connectivity index (χ0n) is 18.0. The van der Waals surface area contributed by atoms with Crippen molar-refractivity contribution in [1.82, 2.24) is 4.90 Å². The second-order valence-electron chi connectivity index (χ2n) is 8.33. The first-order valence-electron chi connectivity index (χ1n) is 11.2. The molecule has 7 heteroatoms. The van der Waals surface area contributed by atoms with Gasteiger partial charge in [-0.25, -0.2) is 0 Å². The van der Waals surface area contributed by atoms with E-state index in [0.29, 0.717) is 18.0 Å². The molecule has 0 spiro atoms. The van der Waals surface area contributed by atoms with Crippen molar-refractivity contribution in [3.8, 4) is 11.5 Å². The topological polar surface area (TPSA) is 84.9 Å². The molecule has 1 atom stereocenters. The van der Waals surface area contributed by atoms with Crippen LogP contribution in [0.4, 0.5) is 5.69 Å². The average molecular weight is 437 g/mol. The van der Waals surface area contributed by atoms with Crippen molar-refractivity contribution < 1.29 is 23.9 Å². The highest BCUT2D eigenvalue weighted by Crippen LogP contribution is 2.29. The van der Waals surface area contributed by atoms with Gasteiger partial charge in [-0.2, -0.15) is 0 Å². The third kappa shape index (κ3) is 5.66. The number of carbonyl (C=O) groups excluding carboxylic acids is 3. The Balaban J connectivity index is 1.21. The fourth-order valence-electron chi connectivity index (χ4n) is 4.32. The quantitative estimate of drug-likeness (QED) is 0.660. The summed E-state index contributed by atoms with van der Waals surface area (Å²) in [5.74, 6) is -0.0209. The number of nitrogens with one attached hydrogen (secondary N) is 1. The van der Waals surface area contributed by atoms with Crippen molar-refractivity contribution in [2.75, 3.05) is 18.5 Å². The van der Waals surface area contributed by atoms with Crippen LogP contribution < -0.4 is 10.1 Å². The molecular formula is C25H28N2O5. The molecule has 0 bridgehead atoms. The highest BCUT2D eigenvalue weighted by molar-refractivity contribution is 5.93. The lowest BCUT2D eigenvalue weighted by Crippen LogP contribution is -2.38. The number of para-hydroxylation sites is 1. The molecule has 2 aromatic rings. The maximum atomic E-state index is 12.4. The Morgan fingerprint density at radius 3 is 2.34 bits per heavy atom. The van der Waals surface area contributed by atoms with Gasteiger partial charge in [-0.3, -0.25) is 14.4 Å². The average Bonchev–Trinajstić information content (AvgIpc) is 3.22. The van der Waals surface area contributed by atoms with Crippen molar-refractivity contribution in [2.45, 2.75) is 44.6 Å². The number of benzene rings is 2. The van der Waals surface area contributed by atoms with Crippen LogP contribution in [0.25, 0.3) is 0 Å². The minimum Gasteiger partial charge on any atom is -0.457 e. The van der Waals surface area contributed by atoms with Gasteiger partial charge in [0.1, 0.15) is 11.5 Å². The van der Waals surface area contributed by atoms with E-state index in [0.717, 1.165) is 31.4 Å². The monoisotopic (exact) mass is 436 g/mol. The standard InChI is InChI=1S/C25H28N2O5/c28-23(26-19-11-13-22(14-12-19)32-21-9-5-2-6-10-21)17-31-25(30)18-15-24(29)27(16-18)20-7-3-1-4-8-20/h2,5-6,9-14,18,20H,1,3-4,7-8,15-17H2,(H,26,28)/t18-/m1/s1. The van der Waals surface area contributed by atoms with Crippen LogP contribution in [0.1, 0.15) is 38.5 Å². The number of amides is 2. The first-order valence-corrected chi connectivity index (χ1v) is 11.2. The lowest BCUT2D eigenvalue weighted by molar-refractivity contribution is -0.151. The molecule has 7 nitrogen and oxygen atoms in total. The van der Waals surface area contributed by atoms with Crippen molar-refractivity contribution in [1.29, 1.82) is 0 Å². The Bertz CT molecular complexity index is 939. The zero-order valence-corrected chi connectivity index (χ0v) is 18.0. The predicted molar refractivity (Wildman–Crippen MR) is 119 cm³/mol. The summed E-state index contributed by atoms with van der Waals surface area (Å²) in [6.07, 6.45) is 5.64. The first kappa shape index (κ1) is 21.9. The number of esters is 1. The normalized spacial score (nSPS) is 18.9. The molecule has 2 fully saturated rings. The summed E-state index contributed by atoms with van der Waals surface area (Å²) >= 11 is 0. The Morgan fingerprint density at radius 2 is 1.62 bits per heavy atom. The Labute approximate surface area is 187 Å². The number of anilines is 1. The molecular weight excluding hydrogens is 408 g/mol. The number of likely N-dealkylation sites (tertiary alicyclic amines) is 1. The summed E-state index contributed by atoms with van der Waals surface area (Å²) in [6, 6.07) is 16.6. The van der Waals surface area contributed by atoms with Gasteiger partial charge in [-0.1, -0.05) is 37.5 Å². The number of rotatable bonds is 7. The number of ether oxygens (including phenoxy) is 2. The smallest absolute Gasteiger partial charge is 0.311 e. The number of nitrogens with zero attached hydrogens (tertiary/aromatic N) is 1. The van der Waals surface area contributed by atoms with Crippen LogP contribution in [-0.4, -0.2) is 41.9 Å². The molecule has 2 aliphatic rings. The number of hydrogen-bond acceptors (Lipinski definition) is 5. The SMILES string of the molecule is O=C(COC(=O)[C@@H]1CC(=O)N(C2CCCCC2)C1)Nc1ccc(Oc2ccccc2)cc1. The van der Waals surface area contributed by atoms with Gasteiger partial charge < -0.3 is 19.7 Å². The van der Waals surface area contributed by atoms with Crippen LogP contribution in [0.2, 0.25) is 0 Å². The van der Waals surface area contributed by atoms with E-state index in [4.69, 9.17) is 9.47 Å². The third-order valence-corrected chi connectivity index (χ3v) is 5.97. The van der Waals surface area contributed by atoms with E-state index in [-0.39, 0.29) is 25.0 Å². The highest BCUT2D eigenvalue weighted by atomic mass is 16.5. The van der Waals surface area contributed by atoms with Gasteiger partial charge in [0.15, 0.2) is 6.61 Å². The van der Waals surface area contributed by atoms with Crippen LogP contribution >= 0.6 is 0 Å². The maximum Gasteiger partial charge on any atom is 0.311 e. The highest BCUT2D eigenvalue weighted by Gasteiger charge is 2.39. The number of carbonyl (C=O) groups is 3.